The number of aliphatic hydroxyl groups is 1. The van der Waals surface area contributed by atoms with Crippen molar-refractivity contribution in [3.63, 3.8) is 0 Å². The molecule has 0 spiro atoms. The van der Waals surface area contributed by atoms with Crippen molar-refractivity contribution in [1.29, 1.82) is 0 Å². The Bertz CT molecular complexity index is 441. The van der Waals surface area contributed by atoms with Gasteiger partial charge in [0.1, 0.15) is 5.82 Å². The fraction of sp³-hybridized carbons (Fsp3) is 0.625. The first-order valence-corrected chi connectivity index (χ1v) is 7.70. The molecule has 1 saturated heterocycles. The topological polar surface area (TPSA) is 52.7 Å². The van der Waals surface area contributed by atoms with Gasteiger partial charge in [0.25, 0.3) is 0 Å². The maximum atomic E-state index is 14.1. The van der Waals surface area contributed by atoms with E-state index >= 15 is 0 Å². The highest BCUT2D eigenvalue weighted by molar-refractivity contribution is 5.22. The van der Waals surface area contributed by atoms with Gasteiger partial charge in [0.05, 0.1) is 12.6 Å². The van der Waals surface area contributed by atoms with Crippen molar-refractivity contribution in [2.75, 3.05) is 39.3 Å². The zero-order valence-electron chi connectivity index (χ0n) is 12.7. The molecule has 118 valence electrons. The van der Waals surface area contributed by atoms with Crippen LogP contribution >= 0.6 is 0 Å². The first kappa shape index (κ1) is 16.4. The molecule has 2 atom stereocenters. The molecule has 1 aromatic carbocycles. The van der Waals surface area contributed by atoms with Gasteiger partial charge in [0.2, 0.25) is 0 Å². The van der Waals surface area contributed by atoms with Crippen LogP contribution < -0.4 is 5.73 Å². The van der Waals surface area contributed by atoms with Gasteiger partial charge < -0.3 is 10.8 Å². The average molecular weight is 295 g/mol. The molecule has 0 saturated carbocycles. The van der Waals surface area contributed by atoms with E-state index in [0.29, 0.717) is 12.1 Å². The molecule has 0 aliphatic carbocycles. The molecule has 3 N–H and O–H groups in total. The summed E-state index contributed by atoms with van der Waals surface area (Å²) in [6.45, 7) is 6.44. The number of hydrogen-bond donors (Lipinski definition) is 2. The molecule has 21 heavy (non-hydrogen) atoms. The highest BCUT2D eigenvalue weighted by Crippen LogP contribution is 2.26. The predicted octanol–water partition coefficient (Wildman–Crippen LogP) is 1.21. The monoisotopic (exact) mass is 295 g/mol. The number of halogens is 1. The second-order valence-corrected chi connectivity index (χ2v) is 5.78. The van der Waals surface area contributed by atoms with Crippen LogP contribution in [0, 0.1) is 5.82 Å². The molecule has 1 fully saturated rings. The van der Waals surface area contributed by atoms with Crippen LogP contribution in [0.3, 0.4) is 0 Å². The number of nitrogens with zero attached hydrogens (tertiary/aromatic N) is 2. The molecule has 2 unspecified atom stereocenters. The molecule has 0 radical (unpaired) electrons. The Morgan fingerprint density at radius 1 is 1.24 bits per heavy atom. The molecule has 2 rings (SSSR count). The van der Waals surface area contributed by atoms with E-state index in [1.165, 1.54) is 6.07 Å². The fourth-order valence-electron chi connectivity index (χ4n) is 3.16. The Morgan fingerprint density at radius 3 is 2.67 bits per heavy atom. The lowest BCUT2D eigenvalue weighted by Gasteiger charge is -2.34. The van der Waals surface area contributed by atoms with Crippen molar-refractivity contribution >= 4 is 0 Å². The Kier molecular flexibility index (Phi) is 6.11. The summed E-state index contributed by atoms with van der Waals surface area (Å²) in [5.74, 6) is -0.184. The molecule has 4 nitrogen and oxygen atoms in total. The van der Waals surface area contributed by atoms with Gasteiger partial charge in [-0.1, -0.05) is 18.2 Å². The second-order valence-electron chi connectivity index (χ2n) is 5.78. The van der Waals surface area contributed by atoms with Crippen LogP contribution in [-0.4, -0.2) is 60.3 Å². The standard InChI is InChI=1S/C16H26FN3O/c1-13(18)16(14-5-2-3-6-15(14)17)20-8-4-7-19(9-10-20)11-12-21/h2-3,5-6,13,16,21H,4,7-12,18H2,1H3. The fourth-order valence-corrected chi connectivity index (χ4v) is 3.16. The molecule has 5 heteroatoms. The van der Waals surface area contributed by atoms with Gasteiger partial charge >= 0.3 is 0 Å². The third kappa shape index (κ3) is 4.23. The zero-order chi connectivity index (χ0) is 15.2. The lowest BCUT2D eigenvalue weighted by atomic mass is 9.98. The summed E-state index contributed by atoms with van der Waals surface area (Å²) >= 11 is 0. The quantitative estimate of drug-likeness (QED) is 0.857. The van der Waals surface area contributed by atoms with E-state index in [0.717, 1.165) is 32.6 Å². The largest absolute Gasteiger partial charge is 0.395 e. The summed E-state index contributed by atoms with van der Waals surface area (Å²) in [6.07, 6.45) is 1.01. The lowest BCUT2D eigenvalue weighted by molar-refractivity contribution is 0.166. The Hall–Kier alpha value is -1.01. The van der Waals surface area contributed by atoms with Crippen molar-refractivity contribution in [3.05, 3.63) is 35.6 Å². The first-order chi connectivity index (χ1) is 10.1. The van der Waals surface area contributed by atoms with Crippen LogP contribution in [0.5, 0.6) is 0 Å². The minimum Gasteiger partial charge on any atom is -0.395 e. The minimum absolute atomic E-state index is 0.0970. The van der Waals surface area contributed by atoms with E-state index in [-0.39, 0.29) is 24.5 Å². The van der Waals surface area contributed by atoms with Crippen LogP contribution in [0.25, 0.3) is 0 Å². The highest BCUT2D eigenvalue weighted by atomic mass is 19.1. The summed E-state index contributed by atoms with van der Waals surface area (Å²) in [4.78, 5) is 4.53. The maximum absolute atomic E-state index is 14.1. The molecular weight excluding hydrogens is 269 g/mol. The van der Waals surface area contributed by atoms with Gasteiger partial charge in [-0.3, -0.25) is 9.80 Å². The normalized spacial score (nSPS) is 21.0. The van der Waals surface area contributed by atoms with Crippen LogP contribution in [0.2, 0.25) is 0 Å². The Balaban J connectivity index is 2.14. The molecular formula is C16H26FN3O. The molecule has 1 aromatic rings. The first-order valence-electron chi connectivity index (χ1n) is 7.70. The number of rotatable bonds is 5. The van der Waals surface area contributed by atoms with Gasteiger partial charge in [0.15, 0.2) is 0 Å². The highest BCUT2D eigenvalue weighted by Gasteiger charge is 2.27. The van der Waals surface area contributed by atoms with Crippen molar-refractivity contribution in [2.24, 2.45) is 5.73 Å². The molecule has 1 heterocycles. The van der Waals surface area contributed by atoms with E-state index in [4.69, 9.17) is 10.8 Å². The molecule has 1 aliphatic heterocycles. The van der Waals surface area contributed by atoms with Crippen LogP contribution in [0.4, 0.5) is 4.39 Å². The molecule has 0 amide bonds. The number of hydrogen-bond acceptors (Lipinski definition) is 4. The van der Waals surface area contributed by atoms with Gasteiger partial charge in [-0.05, 0) is 26.0 Å². The van der Waals surface area contributed by atoms with Gasteiger partial charge in [-0.25, -0.2) is 4.39 Å². The number of β-amino-alcohol motifs (C(OH)–C–C–N with tert-alkyl or cyclic N) is 1. The lowest BCUT2D eigenvalue weighted by Crippen LogP contribution is -2.42. The third-order valence-electron chi connectivity index (χ3n) is 4.15. The van der Waals surface area contributed by atoms with Crippen molar-refractivity contribution in [3.8, 4) is 0 Å². The minimum atomic E-state index is -0.184. The van der Waals surface area contributed by atoms with Gasteiger partial charge in [-0.2, -0.15) is 0 Å². The average Bonchev–Trinajstić information content (AvgIpc) is 2.67. The van der Waals surface area contributed by atoms with E-state index in [2.05, 4.69) is 9.80 Å². The van der Waals surface area contributed by atoms with Gasteiger partial charge in [0, 0.05) is 37.8 Å². The Labute approximate surface area is 126 Å². The van der Waals surface area contributed by atoms with E-state index in [1.807, 2.05) is 19.1 Å². The molecule has 0 aromatic heterocycles. The van der Waals surface area contributed by atoms with Gasteiger partial charge in [-0.15, -0.1) is 0 Å². The summed E-state index contributed by atoms with van der Waals surface area (Å²) in [5, 5.41) is 9.06. The second kappa shape index (κ2) is 7.84. The maximum Gasteiger partial charge on any atom is 0.128 e. The number of aliphatic hydroxyl groups excluding tert-OH is 1. The van der Waals surface area contributed by atoms with Crippen LogP contribution in [0.15, 0.2) is 24.3 Å². The zero-order valence-corrected chi connectivity index (χ0v) is 12.7. The van der Waals surface area contributed by atoms with Crippen molar-refractivity contribution < 1.29 is 9.50 Å². The number of nitrogens with two attached hydrogens (primary N) is 1. The summed E-state index contributed by atoms with van der Waals surface area (Å²) < 4.78 is 14.1. The SMILES string of the molecule is CC(N)C(c1ccccc1F)N1CCCN(CCO)CC1. The van der Waals surface area contributed by atoms with Crippen molar-refractivity contribution in [2.45, 2.75) is 25.4 Å². The van der Waals surface area contributed by atoms with E-state index in [9.17, 15) is 4.39 Å². The van der Waals surface area contributed by atoms with Crippen LogP contribution in [0.1, 0.15) is 24.9 Å². The number of benzene rings is 1. The van der Waals surface area contributed by atoms with E-state index < -0.39 is 0 Å². The third-order valence-corrected chi connectivity index (χ3v) is 4.15. The molecule has 0 bridgehead atoms. The summed E-state index contributed by atoms with van der Waals surface area (Å²) in [7, 11) is 0. The predicted molar refractivity (Wildman–Crippen MR) is 82.5 cm³/mol. The molecule has 1 aliphatic rings. The Morgan fingerprint density at radius 2 is 2.00 bits per heavy atom. The smallest absolute Gasteiger partial charge is 0.128 e. The van der Waals surface area contributed by atoms with E-state index in [1.54, 1.807) is 6.07 Å². The van der Waals surface area contributed by atoms with Crippen molar-refractivity contribution in [1.82, 2.24) is 9.80 Å². The van der Waals surface area contributed by atoms with Crippen LogP contribution in [-0.2, 0) is 0 Å². The summed E-state index contributed by atoms with van der Waals surface area (Å²) in [6, 6.07) is 6.68. The summed E-state index contributed by atoms with van der Waals surface area (Å²) in [5.41, 5.74) is 6.83.